The predicted octanol–water partition coefficient (Wildman–Crippen LogP) is 2.11. The normalized spacial score (nSPS) is 10.8. The third-order valence-corrected chi connectivity index (χ3v) is 2.02. The summed E-state index contributed by atoms with van der Waals surface area (Å²) in [5.74, 6) is 0.109. The van der Waals surface area contributed by atoms with E-state index in [1.165, 1.54) is 0 Å². The fourth-order valence-electron chi connectivity index (χ4n) is 1.23. The number of rotatable bonds is 4. The number of hydrogen-bond acceptors (Lipinski definition) is 3. The number of aromatic nitrogens is 1. The number of hydrogen-bond donors (Lipinski definition) is 1. The minimum atomic E-state index is -0.0933. The summed E-state index contributed by atoms with van der Waals surface area (Å²) in [5, 5.41) is 2.97. The number of pyridine rings is 1. The summed E-state index contributed by atoms with van der Waals surface area (Å²) >= 11 is 0. The van der Waals surface area contributed by atoms with Crippen LogP contribution >= 0.6 is 24.8 Å². The Bertz CT molecular complexity index is 276. The summed E-state index contributed by atoms with van der Waals surface area (Å²) in [6, 6.07) is 3.47. The lowest BCUT2D eigenvalue weighted by atomic mass is 10.0. The van der Waals surface area contributed by atoms with Gasteiger partial charge in [-0.3, -0.25) is 9.78 Å². The third-order valence-electron chi connectivity index (χ3n) is 2.02. The number of Topliss-reactive ketones (excluding diaryl/α,β-unsaturated/α-hetero) is 1. The summed E-state index contributed by atoms with van der Waals surface area (Å²) in [7, 11) is 1.79. The molecule has 0 aliphatic heterocycles. The van der Waals surface area contributed by atoms with Gasteiger partial charge in [0.2, 0.25) is 0 Å². The van der Waals surface area contributed by atoms with Crippen molar-refractivity contribution in [2.24, 2.45) is 0 Å². The first kappa shape index (κ1) is 16.8. The van der Waals surface area contributed by atoms with Crippen LogP contribution in [0.2, 0.25) is 0 Å². The Hall–Kier alpha value is -0.640. The van der Waals surface area contributed by atoms with E-state index < -0.39 is 0 Å². The van der Waals surface area contributed by atoms with Crippen LogP contribution in [0.4, 0.5) is 0 Å². The smallest absolute Gasteiger partial charge is 0.181 e. The van der Waals surface area contributed by atoms with Gasteiger partial charge in [0.25, 0.3) is 0 Å². The molecule has 1 unspecified atom stereocenters. The van der Waals surface area contributed by atoms with E-state index >= 15 is 0 Å². The monoisotopic (exact) mass is 250 g/mol. The zero-order valence-electron chi connectivity index (χ0n) is 8.77. The van der Waals surface area contributed by atoms with Gasteiger partial charge in [0.1, 0.15) is 0 Å². The van der Waals surface area contributed by atoms with E-state index in [-0.39, 0.29) is 36.6 Å². The molecule has 0 fully saturated rings. The summed E-state index contributed by atoms with van der Waals surface area (Å²) < 4.78 is 0. The Kier molecular flexibility index (Phi) is 9.68. The Morgan fingerprint density at radius 3 is 2.60 bits per heavy atom. The second kappa shape index (κ2) is 8.65. The van der Waals surface area contributed by atoms with E-state index in [4.69, 9.17) is 0 Å². The van der Waals surface area contributed by atoms with E-state index in [0.29, 0.717) is 5.56 Å². The molecule has 1 heterocycles. The minimum Gasteiger partial charge on any atom is -0.310 e. The van der Waals surface area contributed by atoms with Crippen LogP contribution in [0.3, 0.4) is 0 Å². The average Bonchev–Trinajstić information content (AvgIpc) is 2.21. The Labute approximate surface area is 102 Å². The molecule has 0 saturated carbocycles. The molecule has 0 amide bonds. The van der Waals surface area contributed by atoms with Crippen LogP contribution in [-0.4, -0.2) is 23.9 Å². The SMILES string of the molecule is CCC(NC)C(=O)c1cccnc1.Cl.Cl. The van der Waals surface area contributed by atoms with E-state index in [9.17, 15) is 4.79 Å². The van der Waals surface area contributed by atoms with Crippen LogP contribution in [-0.2, 0) is 0 Å². The Morgan fingerprint density at radius 2 is 2.20 bits per heavy atom. The molecule has 5 heteroatoms. The first-order chi connectivity index (χ1) is 6.29. The van der Waals surface area contributed by atoms with Crippen molar-refractivity contribution in [1.29, 1.82) is 0 Å². The van der Waals surface area contributed by atoms with Gasteiger partial charge in [0, 0.05) is 18.0 Å². The molecule has 86 valence electrons. The number of nitrogens with one attached hydrogen (secondary N) is 1. The van der Waals surface area contributed by atoms with Crippen molar-refractivity contribution in [3.8, 4) is 0 Å². The first-order valence-corrected chi connectivity index (χ1v) is 4.41. The zero-order chi connectivity index (χ0) is 9.68. The highest BCUT2D eigenvalue weighted by Gasteiger charge is 2.15. The molecule has 0 saturated heterocycles. The lowest BCUT2D eigenvalue weighted by molar-refractivity contribution is 0.0944. The molecule has 15 heavy (non-hydrogen) atoms. The van der Waals surface area contributed by atoms with Crippen molar-refractivity contribution in [1.82, 2.24) is 10.3 Å². The molecule has 1 rings (SSSR count). The molecule has 3 nitrogen and oxygen atoms in total. The number of carbonyl (C=O) groups excluding carboxylic acids is 1. The highest BCUT2D eigenvalue weighted by molar-refractivity contribution is 5.99. The lowest BCUT2D eigenvalue weighted by Gasteiger charge is -2.11. The summed E-state index contributed by atoms with van der Waals surface area (Å²) in [4.78, 5) is 15.6. The Balaban J connectivity index is 0. The molecular weight excluding hydrogens is 235 g/mol. The van der Waals surface area contributed by atoms with Crippen molar-refractivity contribution in [2.75, 3.05) is 7.05 Å². The van der Waals surface area contributed by atoms with Crippen LogP contribution in [0.25, 0.3) is 0 Å². The van der Waals surface area contributed by atoms with Gasteiger partial charge in [-0.1, -0.05) is 6.92 Å². The average molecular weight is 251 g/mol. The molecule has 1 aromatic heterocycles. The predicted molar refractivity (Wildman–Crippen MR) is 66.2 cm³/mol. The summed E-state index contributed by atoms with van der Waals surface area (Å²) in [5.41, 5.74) is 0.670. The van der Waals surface area contributed by atoms with Crippen molar-refractivity contribution >= 4 is 30.6 Å². The third kappa shape index (κ3) is 4.60. The standard InChI is InChI=1S/C10H14N2O.2ClH/c1-3-9(11-2)10(13)8-5-4-6-12-7-8;;/h4-7,9,11H,3H2,1-2H3;2*1H. The topological polar surface area (TPSA) is 42.0 Å². The van der Waals surface area contributed by atoms with Crippen LogP contribution in [0, 0.1) is 0 Å². The maximum absolute atomic E-state index is 11.7. The number of halogens is 2. The molecule has 0 aromatic carbocycles. The van der Waals surface area contributed by atoms with Crippen LogP contribution in [0.1, 0.15) is 23.7 Å². The fourth-order valence-corrected chi connectivity index (χ4v) is 1.23. The minimum absolute atomic E-state index is 0. The maximum Gasteiger partial charge on any atom is 0.181 e. The molecule has 0 bridgehead atoms. The van der Waals surface area contributed by atoms with E-state index in [1.54, 1.807) is 31.6 Å². The maximum atomic E-state index is 11.7. The van der Waals surface area contributed by atoms with Crippen molar-refractivity contribution in [3.05, 3.63) is 30.1 Å². The van der Waals surface area contributed by atoms with E-state index in [2.05, 4.69) is 10.3 Å². The highest BCUT2D eigenvalue weighted by atomic mass is 35.5. The largest absolute Gasteiger partial charge is 0.310 e. The molecule has 0 aliphatic rings. The summed E-state index contributed by atoms with van der Waals surface area (Å²) in [6.07, 6.45) is 4.06. The molecule has 0 radical (unpaired) electrons. The number of nitrogens with zero attached hydrogens (tertiary/aromatic N) is 1. The summed E-state index contributed by atoms with van der Waals surface area (Å²) in [6.45, 7) is 1.98. The van der Waals surface area contributed by atoms with Crippen molar-refractivity contribution in [2.45, 2.75) is 19.4 Å². The van der Waals surface area contributed by atoms with Crippen molar-refractivity contribution < 1.29 is 4.79 Å². The van der Waals surface area contributed by atoms with Gasteiger partial charge in [-0.2, -0.15) is 0 Å². The lowest BCUT2D eigenvalue weighted by Crippen LogP contribution is -2.33. The van der Waals surface area contributed by atoms with Crippen LogP contribution in [0.15, 0.2) is 24.5 Å². The fraction of sp³-hybridized carbons (Fsp3) is 0.400. The van der Waals surface area contributed by atoms with Crippen LogP contribution < -0.4 is 5.32 Å². The van der Waals surface area contributed by atoms with Gasteiger partial charge < -0.3 is 5.32 Å². The molecule has 1 atom stereocenters. The van der Waals surface area contributed by atoms with Gasteiger partial charge in [-0.05, 0) is 25.6 Å². The molecular formula is C10H16Cl2N2O. The van der Waals surface area contributed by atoms with Crippen LogP contribution in [0.5, 0.6) is 0 Å². The Morgan fingerprint density at radius 1 is 1.53 bits per heavy atom. The number of carbonyl (C=O) groups is 1. The van der Waals surface area contributed by atoms with Gasteiger partial charge in [0.05, 0.1) is 6.04 Å². The van der Waals surface area contributed by atoms with Gasteiger partial charge >= 0.3 is 0 Å². The van der Waals surface area contributed by atoms with E-state index in [0.717, 1.165) is 6.42 Å². The number of ketones is 1. The quantitative estimate of drug-likeness (QED) is 0.833. The highest BCUT2D eigenvalue weighted by Crippen LogP contribution is 2.03. The molecule has 0 spiro atoms. The van der Waals surface area contributed by atoms with Gasteiger partial charge in [-0.25, -0.2) is 0 Å². The van der Waals surface area contributed by atoms with Crippen molar-refractivity contribution in [3.63, 3.8) is 0 Å². The van der Waals surface area contributed by atoms with Gasteiger partial charge in [0.15, 0.2) is 5.78 Å². The second-order valence-electron chi connectivity index (χ2n) is 2.86. The first-order valence-electron chi connectivity index (χ1n) is 4.41. The second-order valence-corrected chi connectivity index (χ2v) is 2.86. The number of likely N-dealkylation sites (N-methyl/N-ethyl adjacent to an activating group) is 1. The molecule has 1 aromatic rings. The van der Waals surface area contributed by atoms with Gasteiger partial charge in [-0.15, -0.1) is 24.8 Å². The molecule has 0 aliphatic carbocycles. The zero-order valence-corrected chi connectivity index (χ0v) is 10.4. The van der Waals surface area contributed by atoms with E-state index in [1.807, 2.05) is 6.92 Å². The molecule has 1 N–H and O–H groups in total.